The Hall–Kier alpha value is -3.04. The Kier molecular flexibility index (Phi) is 7.48. The van der Waals surface area contributed by atoms with Crippen LogP contribution in [0, 0.1) is 5.41 Å². The SMILES string of the molecule is CCC1(CCCN)CCN(c2ccc(C3=C(c4ccccc4)CCCc4cc(O)ccc43)cc2)CC1. The summed E-state index contributed by atoms with van der Waals surface area (Å²) < 4.78 is 0. The molecule has 1 aliphatic carbocycles. The molecule has 0 unspecified atom stereocenters. The Morgan fingerprint density at radius 2 is 1.64 bits per heavy atom. The maximum Gasteiger partial charge on any atom is 0.115 e. The summed E-state index contributed by atoms with van der Waals surface area (Å²) in [5.74, 6) is 0.353. The number of hydrogen-bond donors (Lipinski definition) is 2. The van der Waals surface area contributed by atoms with Crippen LogP contribution in [0.5, 0.6) is 5.75 Å². The molecule has 2 aliphatic rings. The van der Waals surface area contributed by atoms with E-state index in [1.54, 1.807) is 0 Å². The molecule has 5 rings (SSSR count). The van der Waals surface area contributed by atoms with Gasteiger partial charge in [0.1, 0.15) is 5.75 Å². The first kappa shape index (κ1) is 24.6. The van der Waals surface area contributed by atoms with Crippen molar-refractivity contribution in [2.24, 2.45) is 11.1 Å². The minimum atomic E-state index is 0.353. The van der Waals surface area contributed by atoms with Crippen LogP contribution < -0.4 is 10.6 Å². The molecule has 0 aromatic heterocycles. The molecular formula is C33H40N2O. The van der Waals surface area contributed by atoms with Gasteiger partial charge in [-0.25, -0.2) is 0 Å². The van der Waals surface area contributed by atoms with Crippen molar-refractivity contribution in [2.45, 2.75) is 58.3 Å². The van der Waals surface area contributed by atoms with Crippen molar-refractivity contribution in [3.8, 4) is 5.75 Å². The van der Waals surface area contributed by atoms with E-state index in [0.29, 0.717) is 11.2 Å². The predicted octanol–water partition coefficient (Wildman–Crippen LogP) is 7.42. The molecule has 188 valence electrons. The number of hydrogen-bond acceptors (Lipinski definition) is 3. The van der Waals surface area contributed by atoms with Gasteiger partial charge in [0.15, 0.2) is 0 Å². The quantitative estimate of drug-likeness (QED) is 0.370. The number of phenols is 1. The second-order valence-electron chi connectivity index (χ2n) is 10.7. The van der Waals surface area contributed by atoms with E-state index in [0.717, 1.165) is 45.3 Å². The van der Waals surface area contributed by atoms with Crippen molar-refractivity contribution in [1.82, 2.24) is 0 Å². The molecule has 3 aromatic carbocycles. The molecule has 1 fully saturated rings. The zero-order valence-electron chi connectivity index (χ0n) is 21.7. The minimum absolute atomic E-state index is 0.353. The summed E-state index contributed by atoms with van der Waals surface area (Å²) in [5, 5.41) is 10.2. The van der Waals surface area contributed by atoms with Gasteiger partial charge in [-0.15, -0.1) is 0 Å². The predicted molar refractivity (Wildman–Crippen MR) is 152 cm³/mol. The van der Waals surface area contributed by atoms with Gasteiger partial charge in [-0.05, 0) is 115 Å². The van der Waals surface area contributed by atoms with Gasteiger partial charge in [-0.3, -0.25) is 0 Å². The fraction of sp³-hybridized carbons (Fsp3) is 0.394. The molecule has 3 aromatic rings. The fourth-order valence-corrected chi connectivity index (χ4v) is 6.37. The fourth-order valence-electron chi connectivity index (χ4n) is 6.37. The van der Waals surface area contributed by atoms with Gasteiger partial charge in [0.05, 0.1) is 0 Å². The van der Waals surface area contributed by atoms with Crippen LogP contribution in [-0.2, 0) is 6.42 Å². The molecule has 36 heavy (non-hydrogen) atoms. The molecule has 0 spiro atoms. The van der Waals surface area contributed by atoms with Gasteiger partial charge >= 0.3 is 0 Å². The van der Waals surface area contributed by atoms with Crippen LogP contribution in [-0.4, -0.2) is 24.7 Å². The summed E-state index contributed by atoms with van der Waals surface area (Å²) in [7, 11) is 0. The van der Waals surface area contributed by atoms with Crippen molar-refractivity contribution in [2.75, 3.05) is 24.5 Å². The van der Waals surface area contributed by atoms with Crippen LogP contribution >= 0.6 is 0 Å². The van der Waals surface area contributed by atoms with Crippen LogP contribution in [0.3, 0.4) is 0 Å². The van der Waals surface area contributed by atoms with E-state index < -0.39 is 0 Å². The largest absolute Gasteiger partial charge is 0.508 e. The van der Waals surface area contributed by atoms with Crippen LogP contribution in [0.2, 0.25) is 0 Å². The number of nitrogens with two attached hydrogens (primary N) is 1. The molecule has 0 atom stereocenters. The molecule has 0 bridgehead atoms. The maximum absolute atomic E-state index is 10.2. The molecule has 0 radical (unpaired) electrons. The van der Waals surface area contributed by atoms with Crippen LogP contribution in [0.4, 0.5) is 5.69 Å². The van der Waals surface area contributed by atoms with Crippen LogP contribution in [0.25, 0.3) is 11.1 Å². The van der Waals surface area contributed by atoms with Crippen molar-refractivity contribution >= 4 is 16.8 Å². The van der Waals surface area contributed by atoms with Crippen molar-refractivity contribution in [1.29, 1.82) is 0 Å². The van der Waals surface area contributed by atoms with E-state index in [4.69, 9.17) is 5.73 Å². The van der Waals surface area contributed by atoms with E-state index in [1.807, 2.05) is 12.1 Å². The Morgan fingerprint density at radius 1 is 0.889 bits per heavy atom. The smallest absolute Gasteiger partial charge is 0.115 e. The van der Waals surface area contributed by atoms with Crippen LogP contribution in [0.1, 0.15) is 74.1 Å². The van der Waals surface area contributed by atoms with E-state index in [2.05, 4.69) is 72.5 Å². The molecule has 1 saturated heterocycles. The molecule has 3 heteroatoms. The van der Waals surface area contributed by atoms with E-state index in [1.165, 1.54) is 64.8 Å². The van der Waals surface area contributed by atoms with Crippen molar-refractivity contribution < 1.29 is 5.11 Å². The Labute approximate surface area is 216 Å². The van der Waals surface area contributed by atoms with Crippen molar-refractivity contribution in [3.05, 3.63) is 95.1 Å². The monoisotopic (exact) mass is 480 g/mol. The lowest BCUT2D eigenvalue weighted by molar-refractivity contribution is 0.187. The third-order valence-corrected chi connectivity index (χ3v) is 8.66. The number of anilines is 1. The first-order valence-corrected chi connectivity index (χ1v) is 13.8. The standard InChI is InChI=1S/C33H40N2O/c1-2-33(18-7-21-34)19-22-35(23-20-33)28-14-12-26(13-15-28)32-30(25-8-4-3-5-9-25)11-6-10-27-24-29(36)16-17-31(27)32/h3-5,8-9,12-17,24,36H,2,6-7,10-11,18-23,34H2,1H3. The highest BCUT2D eigenvalue weighted by Gasteiger charge is 2.32. The number of fused-ring (bicyclic) bond motifs is 1. The van der Waals surface area contributed by atoms with Crippen LogP contribution in [0.15, 0.2) is 72.8 Å². The van der Waals surface area contributed by atoms with Gasteiger partial charge in [0.2, 0.25) is 0 Å². The minimum Gasteiger partial charge on any atom is -0.508 e. The summed E-state index contributed by atoms with van der Waals surface area (Å²) in [5.41, 5.74) is 15.4. The van der Waals surface area contributed by atoms with E-state index >= 15 is 0 Å². The average molecular weight is 481 g/mol. The number of benzene rings is 3. The normalized spacial score (nSPS) is 17.6. The molecule has 3 N–H and O–H groups in total. The van der Waals surface area contributed by atoms with Gasteiger partial charge in [0, 0.05) is 18.8 Å². The molecule has 1 heterocycles. The number of piperidine rings is 1. The Morgan fingerprint density at radius 3 is 2.33 bits per heavy atom. The van der Waals surface area contributed by atoms with Crippen molar-refractivity contribution in [3.63, 3.8) is 0 Å². The topological polar surface area (TPSA) is 49.5 Å². The number of aromatic hydroxyl groups is 1. The van der Waals surface area contributed by atoms with Gasteiger partial charge in [0.25, 0.3) is 0 Å². The summed E-state index contributed by atoms with van der Waals surface area (Å²) in [6.45, 7) is 5.40. The first-order chi connectivity index (χ1) is 17.6. The first-order valence-electron chi connectivity index (χ1n) is 13.8. The molecule has 3 nitrogen and oxygen atoms in total. The Balaban J connectivity index is 1.46. The van der Waals surface area contributed by atoms with E-state index in [9.17, 15) is 5.11 Å². The summed E-state index contributed by atoms with van der Waals surface area (Å²) >= 11 is 0. The number of phenolic OH excluding ortho intramolecular Hbond substituents is 1. The lowest BCUT2D eigenvalue weighted by Crippen LogP contribution is -2.40. The zero-order chi connectivity index (χ0) is 25.0. The molecular weight excluding hydrogens is 440 g/mol. The zero-order valence-corrected chi connectivity index (χ0v) is 21.7. The summed E-state index contributed by atoms with van der Waals surface area (Å²) in [4.78, 5) is 2.56. The second-order valence-corrected chi connectivity index (χ2v) is 10.7. The third-order valence-electron chi connectivity index (χ3n) is 8.66. The lowest BCUT2D eigenvalue weighted by Gasteiger charge is -2.42. The molecule has 1 aliphatic heterocycles. The molecule has 0 saturated carbocycles. The lowest BCUT2D eigenvalue weighted by atomic mass is 9.73. The van der Waals surface area contributed by atoms with Gasteiger partial charge in [-0.2, -0.15) is 0 Å². The maximum atomic E-state index is 10.2. The molecule has 0 amide bonds. The van der Waals surface area contributed by atoms with Gasteiger partial charge in [-0.1, -0.05) is 61.9 Å². The second kappa shape index (κ2) is 10.9. The Bertz CT molecular complexity index is 1190. The summed E-state index contributed by atoms with van der Waals surface area (Å²) in [6, 6.07) is 26.0. The number of nitrogens with zero attached hydrogens (tertiary/aromatic N) is 1. The highest BCUT2D eigenvalue weighted by atomic mass is 16.3. The number of rotatable bonds is 7. The highest BCUT2D eigenvalue weighted by Crippen LogP contribution is 2.42. The van der Waals surface area contributed by atoms with E-state index in [-0.39, 0.29) is 0 Å². The number of aryl methyl sites for hydroxylation is 1. The average Bonchev–Trinajstić information content (AvgIpc) is 3.12. The van der Waals surface area contributed by atoms with Gasteiger partial charge < -0.3 is 15.7 Å². The highest BCUT2D eigenvalue weighted by molar-refractivity contribution is 6.00. The third kappa shape index (κ3) is 5.08. The number of allylic oxidation sites excluding steroid dienone is 1. The summed E-state index contributed by atoms with van der Waals surface area (Å²) in [6.07, 6.45) is 9.27.